The predicted octanol–water partition coefficient (Wildman–Crippen LogP) is 2.26. The van der Waals surface area contributed by atoms with Crippen molar-refractivity contribution in [1.29, 1.82) is 0 Å². The van der Waals surface area contributed by atoms with Crippen LogP contribution < -0.4 is 10.6 Å². The molecule has 0 radical (unpaired) electrons. The summed E-state index contributed by atoms with van der Waals surface area (Å²) in [6, 6.07) is 6.84. The van der Waals surface area contributed by atoms with Crippen LogP contribution >= 0.6 is 0 Å². The molecule has 6 nitrogen and oxygen atoms in total. The van der Waals surface area contributed by atoms with E-state index in [4.69, 9.17) is 9.84 Å². The lowest BCUT2D eigenvalue weighted by Gasteiger charge is -2.10. The molecule has 0 aliphatic carbocycles. The summed E-state index contributed by atoms with van der Waals surface area (Å²) in [6.07, 6.45) is 5.76. The molecule has 126 valence electrons. The summed E-state index contributed by atoms with van der Waals surface area (Å²) in [5, 5.41) is 14.3. The highest BCUT2D eigenvalue weighted by atomic mass is 16.5. The van der Waals surface area contributed by atoms with Gasteiger partial charge >= 0.3 is 5.97 Å². The lowest BCUT2D eigenvalue weighted by atomic mass is 10.1. The number of rotatable bonds is 9. The van der Waals surface area contributed by atoms with Gasteiger partial charge in [-0.15, -0.1) is 0 Å². The van der Waals surface area contributed by atoms with E-state index in [1.807, 2.05) is 0 Å². The van der Waals surface area contributed by atoms with E-state index >= 15 is 0 Å². The number of nitrogens with one attached hydrogen (secondary N) is 2. The Kier molecular flexibility index (Phi) is 6.87. The summed E-state index contributed by atoms with van der Waals surface area (Å²) in [7, 11) is 0. The second-order valence-corrected chi connectivity index (χ2v) is 5.71. The average molecular weight is 320 g/mol. The van der Waals surface area contributed by atoms with Gasteiger partial charge in [-0.2, -0.15) is 0 Å². The minimum absolute atomic E-state index is 0.138. The number of ether oxygens (including phenoxy) is 1. The lowest BCUT2D eigenvalue weighted by molar-refractivity contribution is -0.134. The van der Waals surface area contributed by atoms with Crippen molar-refractivity contribution in [2.24, 2.45) is 0 Å². The van der Waals surface area contributed by atoms with Crippen LogP contribution in [0.15, 0.2) is 24.3 Å². The maximum atomic E-state index is 12.1. The van der Waals surface area contributed by atoms with E-state index in [9.17, 15) is 9.59 Å². The molecule has 1 amide bonds. The molecule has 2 rings (SSSR count). The molecule has 3 N–H and O–H groups in total. The molecule has 1 aromatic carbocycles. The molecule has 6 heteroatoms. The van der Waals surface area contributed by atoms with Crippen LogP contribution in [0.5, 0.6) is 0 Å². The fraction of sp³-hybridized carbons (Fsp3) is 0.529. The number of anilines is 1. The molecule has 0 spiro atoms. The van der Waals surface area contributed by atoms with E-state index in [0.717, 1.165) is 38.7 Å². The summed E-state index contributed by atoms with van der Waals surface area (Å²) in [6.45, 7) is 1.35. The molecule has 1 aliphatic heterocycles. The van der Waals surface area contributed by atoms with Crippen LogP contribution in [0.3, 0.4) is 0 Å². The summed E-state index contributed by atoms with van der Waals surface area (Å²) < 4.78 is 5.57. The zero-order chi connectivity index (χ0) is 16.5. The summed E-state index contributed by atoms with van der Waals surface area (Å²) in [5.41, 5.74) is 1.15. The molecule has 1 aliphatic rings. The van der Waals surface area contributed by atoms with Crippen molar-refractivity contribution in [1.82, 2.24) is 5.32 Å². The van der Waals surface area contributed by atoms with Crippen LogP contribution in [-0.4, -0.2) is 42.8 Å². The third kappa shape index (κ3) is 6.28. The zero-order valence-electron chi connectivity index (χ0n) is 13.2. The van der Waals surface area contributed by atoms with Crippen LogP contribution in [-0.2, 0) is 9.53 Å². The van der Waals surface area contributed by atoms with Gasteiger partial charge in [-0.25, -0.2) is 0 Å². The van der Waals surface area contributed by atoms with Crippen molar-refractivity contribution in [3.63, 3.8) is 0 Å². The van der Waals surface area contributed by atoms with E-state index in [-0.39, 0.29) is 12.5 Å². The molecule has 1 heterocycles. The fourth-order valence-electron chi connectivity index (χ4n) is 2.62. The number of carboxylic acid groups (broad SMARTS) is 1. The third-order valence-electron chi connectivity index (χ3n) is 3.83. The number of carboxylic acids is 1. The number of amides is 1. The van der Waals surface area contributed by atoms with E-state index in [0.29, 0.717) is 23.9 Å². The molecule has 1 atom stereocenters. The van der Waals surface area contributed by atoms with Crippen LogP contribution in [0.4, 0.5) is 5.69 Å². The normalized spacial score (nSPS) is 17.0. The Balaban J connectivity index is 1.68. The number of unbranched alkanes of at least 4 members (excludes halogenated alkanes) is 1. The number of aliphatic carboxylic acids is 1. The molecular weight excluding hydrogens is 296 g/mol. The van der Waals surface area contributed by atoms with E-state index in [1.54, 1.807) is 24.3 Å². The van der Waals surface area contributed by atoms with E-state index < -0.39 is 5.97 Å². The van der Waals surface area contributed by atoms with E-state index in [2.05, 4.69) is 10.6 Å². The third-order valence-corrected chi connectivity index (χ3v) is 3.83. The highest BCUT2D eigenvalue weighted by Crippen LogP contribution is 2.17. The zero-order valence-corrected chi connectivity index (χ0v) is 13.2. The Hall–Kier alpha value is -2.08. The second-order valence-electron chi connectivity index (χ2n) is 5.71. The van der Waals surface area contributed by atoms with Crippen LogP contribution in [0, 0.1) is 0 Å². The number of hydrogen-bond donors (Lipinski definition) is 3. The molecule has 0 aromatic heterocycles. The van der Waals surface area contributed by atoms with Crippen molar-refractivity contribution >= 4 is 17.6 Å². The van der Waals surface area contributed by atoms with Gasteiger partial charge in [-0.05, 0) is 50.3 Å². The van der Waals surface area contributed by atoms with Crippen LogP contribution in [0.25, 0.3) is 0 Å². The summed E-state index contributed by atoms with van der Waals surface area (Å²) >= 11 is 0. The van der Waals surface area contributed by atoms with Gasteiger partial charge in [0.25, 0.3) is 5.91 Å². The number of benzene rings is 1. The monoisotopic (exact) mass is 320 g/mol. The van der Waals surface area contributed by atoms with Gasteiger partial charge in [-0.3, -0.25) is 9.59 Å². The first-order valence-electron chi connectivity index (χ1n) is 8.10. The number of hydrogen-bond acceptors (Lipinski definition) is 4. The minimum atomic E-state index is -0.939. The van der Waals surface area contributed by atoms with Gasteiger partial charge < -0.3 is 20.5 Å². The molecule has 0 bridgehead atoms. The van der Waals surface area contributed by atoms with Crippen molar-refractivity contribution in [3.8, 4) is 0 Å². The van der Waals surface area contributed by atoms with Gasteiger partial charge in [-0.1, -0.05) is 6.07 Å². The van der Waals surface area contributed by atoms with E-state index in [1.165, 1.54) is 0 Å². The SMILES string of the molecule is O=C(O)CNc1cccc(C(=O)NCCCCC2CCCO2)c1. The largest absolute Gasteiger partial charge is 0.480 e. The van der Waals surface area contributed by atoms with Crippen molar-refractivity contribution in [2.75, 3.05) is 25.0 Å². The fourth-order valence-corrected chi connectivity index (χ4v) is 2.62. The summed E-state index contributed by atoms with van der Waals surface area (Å²) in [5.74, 6) is -1.08. The van der Waals surface area contributed by atoms with Gasteiger partial charge in [0.05, 0.1) is 6.10 Å². The molecule has 1 fully saturated rings. The Bertz CT molecular complexity index is 527. The molecule has 1 unspecified atom stereocenters. The Morgan fingerprint density at radius 2 is 2.17 bits per heavy atom. The van der Waals surface area contributed by atoms with Crippen LogP contribution in [0.2, 0.25) is 0 Å². The second kappa shape index (κ2) is 9.15. The summed E-state index contributed by atoms with van der Waals surface area (Å²) in [4.78, 5) is 22.6. The molecule has 0 saturated carbocycles. The van der Waals surface area contributed by atoms with Gasteiger partial charge in [0.15, 0.2) is 0 Å². The predicted molar refractivity (Wildman–Crippen MR) is 87.7 cm³/mol. The molecule has 23 heavy (non-hydrogen) atoms. The maximum absolute atomic E-state index is 12.1. The Morgan fingerprint density at radius 1 is 1.30 bits per heavy atom. The number of carbonyl (C=O) groups is 2. The van der Waals surface area contributed by atoms with Crippen molar-refractivity contribution < 1.29 is 19.4 Å². The van der Waals surface area contributed by atoms with Gasteiger partial charge in [0.1, 0.15) is 6.54 Å². The molecule has 1 saturated heterocycles. The Labute approximate surface area is 136 Å². The van der Waals surface area contributed by atoms with Crippen molar-refractivity contribution in [2.45, 2.75) is 38.2 Å². The first-order chi connectivity index (χ1) is 11.1. The molecule has 1 aromatic rings. The first-order valence-corrected chi connectivity index (χ1v) is 8.10. The lowest BCUT2D eigenvalue weighted by Crippen LogP contribution is -2.24. The topological polar surface area (TPSA) is 87.7 Å². The van der Waals surface area contributed by atoms with Gasteiger partial charge in [0.2, 0.25) is 0 Å². The van der Waals surface area contributed by atoms with Crippen molar-refractivity contribution in [3.05, 3.63) is 29.8 Å². The van der Waals surface area contributed by atoms with Crippen LogP contribution in [0.1, 0.15) is 42.5 Å². The standard InChI is InChI=1S/C17H24N2O4/c20-16(21)12-19-14-6-3-5-13(11-14)17(22)18-9-2-1-7-15-8-4-10-23-15/h3,5-6,11,15,19H,1-2,4,7-10,12H2,(H,18,22)(H,20,21). The maximum Gasteiger partial charge on any atom is 0.322 e. The average Bonchev–Trinajstić information content (AvgIpc) is 3.06. The molecular formula is C17H24N2O4. The minimum Gasteiger partial charge on any atom is -0.480 e. The Morgan fingerprint density at radius 3 is 2.91 bits per heavy atom. The highest BCUT2D eigenvalue weighted by Gasteiger charge is 2.14. The smallest absolute Gasteiger partial charge is 0.322 e. The first kappa shape index (κ1) is 17.3. The number of carbonyl (C=O) groups excluding carboxylic acids is 1. The quantitative estimate of drug-likeness (QED) is 0.608. The van der Waals surface area contributed by atoms with Gasteiger partial charge in [0, 0.05) is 24.4 Å². The highest BCUT2D eigenvalue weighted by molar-refractivity contribution is 5.95.